The number of hydrogen-bond donors (Lipinski definition) is 2. The number of aromatic amines is 1. The Kier molecular flexibility index (Phi) is 4.37. The Morgan fingerprint density at radius 3 is 2.61 bits per heavy atom. The molecule has 3 aromatic rings. The van der Waals surface area contributed by atoms with Gasteiger partial charge in [0.25, 0.3) is 0 Å². The Morgan fingerprint density at radius 1 is 1.17 bits per heavy atom. The van der Waals surface area contributed by atoms with Crippen molar-refractivity contribution in [3.05, 3.63) is 42.6 Å². The largest absolute Gasteiger partial charge is 0.310 e. The number of rotatable bonds is 5. The molecule has 0 saturated heterocycles. The smallest absolute Gasteiger partial charge is 0.228 e. The third kappa shape index (κ3) is 3.08. The molecule has 0 aliphatic heterocycles. The Labute approximate surface area is 135 Å². The first-order valence-corrected chi connectivity index (χ1v) is 7.93. The molecule has 2 heterocycles. The number of H-pyrrole nitrogens is 1. The van der Waals surface area contributed by atoms with Crippen LogP contribution in [0.3, 0.4) is 0 Å². The number of anilines is 1. The van der Waals surface area contributed by atoms with Gasteiger partial charge in [-0.25, -0.2) is 4.98 Å². The minimum atomic E-state index is 0.0126. The van der Waals surface area contributed by atoms with E-state index in [0.29, 0.717) is 11.5 Å². The van der Waals surface area contributed by atoms with Gasteiger partial charge < -0.3 is 5.32 Å². The van der Waals surface area contributed by atoms with Crippen LogP contribution in [0.4, 0.5) is 5.82 Å². The molecule has 0 radical (unpaired) electrons. The van der Waals surface area contributed by atoms with Crippen molar-refractivity contribution in [3.63, 3.8) is 0 Å². The summed E-state index contributed by atoms with van der Waals surface area (Å²) >= 11 is 0. The molecule has 2 N–H and O–H groups in total. The molecule has 23 heavy (non-hydrogen) atoms. The summed E-state index contributed by atoms with van der Waals surface area (Å²) in [6.45, 7) is 4.04. The molecule has 1 aromatic carbocycles. The van der Waals surface area contributed by atoms with Gasteiger partial charge in [0.05, 0.1) is 5.39 Å². The van der Waals surface area contributed by atoms with Crippen molar-refractivity contribution >= 4 is 22.8 Å². The summed E-state index contributed by atoms with van der Waals surface area (Å²) in [5.74, 6) is 0.645. The molecule has 2 aromatic heterocycles. The first-order chi connectivity index (χ1) is 11.2. The van der Waals surface area contributed by atoms with Gasteiger partial charge in [-0.2, -0.15) is 5.10 Å². The van der Waals surface area contributed by atoms with Crippen molar-refractivity contribution in [1.82, 2.24) is 15.2 Å². The normalized spacial score (nSPS) is 11.1. The van der Waals surface area contributed by atoms with Gasteiger partial charge in [0.15, 0.2) is 5.65 Å². The van der Waals surface area contributed by atoms with Crippen LogP contribution in [0.1, 0.15) is 26.7 Å². The van der Waals surface area contributed by atoms with E-state index in [0.717, 1.165) is 29.4 Å². The van der Waals surface area contributed by atoms with Crippen LogP contribution in [-0.4, -0.2) is 21.1 Å². The first kappa shape index (κ1) is 15.2. The molecule has 0 atom stereocenters. The number of aromatic nitrogens is 3. The maximum atomic E-state index is 12.3. The predicted octanol–water partition coefficient (Wildman–Crippen LogP) is 4.00. The summed E-state index contributed by atoms with van der Waals surface area (Å²) in [4.78, 5) is 16.7. The maximum absolute atomic E-state index is 12.3. The van der Waals surface area contributed by atoms with Gasteiger partial charge >= 0.3 is 0 Å². The van der Waals surface area contributed by atoms with E-state index in [1.165, 1.54) is 0 Å². The molecule has 0 unspecified atom stereocenters. The number of carbonyl (C=O) groups excluding carboxylic acids is 1. The molecular formula is C18H20N4O. The van der Waals surface area contributed by atoms with Gasteiger partial charge in [0, 0.05) is 17.7 Å². The minimum absolute atomic E-state index is 0.0126. The zero-order valence-corrected chi connectivity index (χ0v) is 13.3. The highest BCUT2D eigenvalue weighted by molar-refractivity contribution is 6.00. The second-order valence-corrected chi connectivity index (χ2v) is 5.56. The molecule has 0 aliphatic rings. The fourth-order valence-electron chi connectivity index (χ4n) is 2.67. The molecule has 0 bridgehead atoms. The molecule has 118 valence electrons. The van der Waals surface area contributed by atoms with E-state index in [4.69, 9.17) is 0 Å². The topological polar surface area (TPSA) is 70.7 Å². The fourth-order valence-corrected chi connectivity index (χ4v) is 2.67. The van der Waals surface area contributed by atoms with Gasteiger partial charge in [0.1, 0.15) is 5.82 Å². The summed E-state index contributed by atoms with van der Waals surface area (Å²) < 4.78 is 0. The lowest BCUT2D eigenvalue weighted by Crippen LogP contribution is -2.21. The third-order valence-electron chi connectivity index (χ3n) is 4.12. The number of nitrogens with zero attached hydrogens (tertiary/aromatic N) is 2. The lowest BCUT2D eigenvalue weighted by Gasteiger charge is -2.11. The lowest BCUT2D eigenvalue weighted by atomic mass is 10.0. The highest BCUT2D eigenvalue weighted by atomic mass is 16.1. The van der Waals surface area contributed by atoms with Crippen LogP contribution in [0, 0.1) is 5.92 Å². The SMILES string of the molecule is CCC(CC)C(=O)Nc1[nH]nc2ncc(-c3ccccc3)cc12. The third-order valence-corrected chi connectivity index (χ3v) is 4.12. The number of fused-ring (bicyclic) bond motifs is 1. The van der Waals surface area contributed by atoms with Crippen LogP contribution in [-0.2, 0) is 4.79 Å². The van der Waals surface area contributed by atoms with Crippen LogP contribution in [0.25, 0.3) is 22.2 Å². The number of carbonyl (C=O) groups is 1. The molecule has 0 spiro atoms. The van der Waals surface area contributed by atoms with Crippen molar-refractivity contribution in [3.8, 4) is 11.1 Å². The van der Waals surface area contributed by atoms with E-state index in [-0.39, 0.29) is 11.8 Å². The molecular weight excluding hydrogens is 288 g/mol. The Bertz CT molecular complexity index is 806. The summed E-state index contributed by atoms with van der Waals surface area (Å²) in [5, 5.41) is 10.8. The van der Waals surface area contributed by atoms with Gasteiger partial charge in [-0.15, -0.1) is 0 Å². The van der Waals surface area contributed by atoms with E-state index in [9.17, 15) is 4.79 Å². The Morgan fingerprint density at radius 2 is 1.91 bits per heavy atom. The summed E-state index contributed by atoms with van der Waals surface area (Å²) in [6.07, 6.45) is 3.44. The summed E-state index contributed by atoms with van der Waals surface area (Å²) in [7, 11) is 0. The lowest BCUT2D eigenvalue weighted by molar-refractivity contribution is -0.120. The number of hydrogen-bond acceptors (Lipinski definition) is 3. The predicted molar refractivity (Wildman–Crippen MR) is 92.0 cm³/mol. The monoisotopic (exact) mass is 308 g/mol. The molecule has 3 rings (SSSR count). The zero-order valence-electron chi connectivity index (χ0n) is 13.3. The first-order valence-electron chi connectivity index (χ1n) is 7.93. The molecule has 0 fully saturated rings. The van der Waals surface area contributed by atoms with Crippen molar-refractivity contribution in [2.24, 2.45) is 5.92 Å². The van der Waals surface area contributed by atoms with E-state index in [1.54, 1.807) is 6.20 Å². The molecule has 5 nitrogen and oxygen atoms in total. The molecule has 5 heteroatoms. The average Bonchev–Trinajstić information content (AvgIpc) is 2.99. The van der Waals surface area contributed by atoms with Crippen LogP contribution in [0.15, 0.2) is 42.6 Å². The minimum Gasteiger partial charge on any atom is -0.310 e. The number of pyridine rings is 1. The standard InChI is InChI=1S/C18H20N4O/c1-3-12(4-2)18(23)20-17-15-10-14(11-19-16(15)21-22-17)13-8-6-5-7-9-13/h5-12H,3-4H2,1-2H3,(H2,19,20,21,22,23). The fraction of sp³-hybridized carbons (Fsp3) is 0.278. The second-order valence-electron chi connectivity index (χ2n) is 5.56. The van der Waals surface area contributed by atoms with Crippen LogP contribution < -0.4 is 5.32 Å². The highest BCUT2D eigenvalue weighted by Gasteiger charge is 2.17. The van der Waals surface area contributed by atoms with Crippen LogP contribution in [0.5, 0.6) is 0 Å². The van der Waals surface area contributed by atoms with Gasteiger partial charge in [0.2, 0.25) is 5.91 Å². The van der Waals surface area contributed by atoms with Crippen molar-refractivity contribution < 1.29 is 4.79 Å². The van der Waals surface area contributed by atoms with Crippen LogP contribution in [0.2, 0.25) is 0 Å². The number of amides is 1. The second kappa shape index (κ2) is 6.60. The zero-order chi connectivity index (χ0) is 16.2. The average molecular weight is 308 g/mol. The van der Waals surface area contributed by atoms with E-state index >= 15 is 0 Å². The summed E-state index contributed by atoms with van der Waals surface area (Å²) in [5.41, 5.74) is 2.68. The quantitative estimate of drug-likeness (QED) is 0.748. The van der Waals surface area contributed by atoms with Crippen molar-refractivity contribution in [2.75, 3.05) is 5.32 Å². The molecule has 0 aliphatic carbocycles. The van der Waals surface area contributed by atoms with E-state index in [2.05, 4.69) is 20.5 Å². The number of nitrogens with one attached hydrogen (secondary N) is 2. The van der Waals surface area contributed by atoms with Gasteiger partial charge in [-0.1, -0.05) is 44.2 Å². The van der Waals surface area contributed by atoms with Crippen LogP contribution >= 0.6 is 0 Å². The Hall–Kier alpha value is -2.69. The van der Waals surface area contributed by atoms with E-state index < -0.39 is 0 Å². The maximum Gasteiger partial charge on any atom is 0.228 e. The van der Waals surface area contributed by atoms with Gasteiger partial charge in [-0.3, -0.25) is 9.89 Å². The Balaban J connectivity index is 1.94. The highest BCUT2D eigenvalue weighted by Crippen LogP contribution is 2.26. The van der Waals surface area contributed by atoms with Gasteiger partial charge in [-0.05, 0) is 24.5 Å². The number of benzene rings is 1. The van der Waals surface area contributed by atoms with E-state index in [1.807, 2.05) is 50.2 Å². The van der Waals surface area contributed by atoms with Crippen molar-refractivity contribution in [2.45, 2.75) is 26.7 Å². The molecule has 0 saturated carbocycles. The molecule has 1 amide bonds. The van der Waals surface area contributed by atoms with Crippen molar-refractivity contribution in [1.29, 1.82) is 0 Å². The summed E-state index contributed by atoms with van der Waals surface area (Å²) in [6, 6.07) is 12.0.